The maximum atomic E-state index is 12.5. The largest absolute Gasteiger partial charge is 0.497 e. The number of hydrogen-bond acceptors (Lipinski definition) is 5. The third-order valence-corrected chi connectivity index (χ3v) is 6.34. The summed E-state index contributed by atoms with van der Waals surface area (Å²) in [6.07, 6.45) is 3.87. The number of H-pyrrole nitrogens is 1. The second kappa shape index (κ2) is 8.42. The molecule has 3 heterocycles. The summed E-state index contributed by atoms with van der Waals surface area (Å²) in [6, 6.07) is 13.7. The Hall–Kier alpha value is -2.74. The average molecular weight is 441 g/mol. The van der Waals surface area contributed by atoms with Crippen molar-refractivity contribution in [3.63, 3.8) is 0 Å². The van der Waals surface area contributed by atoms with Gasteiger partial charge >= 0.3 is 5.69 Å². The van der Waals surface area contributed by atoms with Crippen LogP contribution in [0.3, 0.4) is 0 Å². The van der Waals surface area contributed by atoms with Crippen molar-refractivity contribution in [1.82, 2.24) is 19.9 Å². The monoisotopic (exact) mass is 440 g/mol. The Balaban J connectivity index is 1.21. The molecule has 0 amide bonds. The summed E-state index contributed by atoms with van der Waals surface area (Å²) < 4.78 is 7.11. The molecule has 31 heavy (non-hydrogen) atoms. The number of likely N-dealkylation sites (tertiary alicyclic amines) is 1. The molecule has 5 rings (SSSR count). The molecule has 2 N–H and O–H groups in total. The lowest BCUT2D eigenvalue weighted by Gasteiger charge is -2.32. The fourth-order valence-electron chi connectivity index (χ4n) is 4.48. The highest BCUT2D eigenvalue weighted by Gasteiger charge is 2.26. The zero-order valence-corrected chi connectivity index (χ0v) is 18.1. The van der Waals surface area contributed by atoms with E-state index in [9.17, 15) is 4.79 Å². The third-order valence-electron chi connectivity index (χ3n) is 6.11. The number of aromatic amines is 1. The number of ether oxygens (including phenoxy) is 1. The van der Waals surface area contributed by atoms with Gasteiger partial charge in [-0.2, -0.15) is 0 Å². The number of nitrogens with one attached hydrogen (secondary N) is 2. The molecule has 162 valence electrons. The summed E-state index contributed by atoms with van der Waals surface area (Å²) in [4.78, 5) is 23.6. The number of halogens is 1. The summed E-state index contributed by atoms with van der Waals surface area (Å²) in [5.74, 6) is 0.833. The van der Waals surface area contributed by atoms with E-state index in [2.05, 4.69) is 21.4 Å². The van der Waals surface area contributed by atoms with E-state index in [4.69, 9.17) is 21.2 Å². The Kier molecular flexibility index (Phi) is 5.48. The molecule has 0 saturated carbocycles. The molecule has 1 unspecified atom stereocenters. The molecule has 8 heteroatoms. The highest BCUT2D eigenvalue weighted by atomic mass is 35.5. The number of hydroxylamine groups is 1. The average Bonchev–Trinajstić information content (AvgIpc) is 3.38. The molecule has 7 nitrogen and oxygen atoms in total. The predicted octanol–water partition coefficient (Wildman–Crippen LogP) is 3.79. The van der Waals surface area contributed by atoms with Crippen molar-refractivity contribution in [2.24, 2.45) is 0 Å². The van der Waals surface area contributed by atoms with Gasteiger partial charge in [0.15, 0.2) is 0 Å². The summed E-state index contributed by atoms with van der Waals surface area (Å²) in [5, 5.41) is 0.628. The van der Waals surface area contributed by atoms with Gasteiger partial charge in [-0.25, -0.2) is 4.79 Å². The Bertz CT molecular complexity index is 1160. The van der Waals surface area contributed by atoms with Crippen LogP contribution in [0.2, 0.25) is 5.02 Å². The van der Waals surface area contributed by atoms with E-state index in [0.717, 1.165) is 60.5 Å². The highest BCUT2D eigenvalue weighted by Crippen LogP contribution is 2.29. The topological polar surface area (TPSA) is 71.5 Å². The second-order valence-corrected chi connectivity index (χ2v) is 8.51. The van der Waals surface area contributed by atoms with Gasteiger partial charge in [0.05, 0.1) is 23.8 Å². The predicted molar refractivity (Wildman–Crippen MR) is 120 cm³/mol. The Morgan fingerprint density at radius 3 is 2.68 bits per heavy atom. The van der Waals surface area contributed by atoms with E-state index in [0.29, 0.717) is 5.02 Å². The minimum Gasteiger partial charge on any atom is -0.497 e. The van der Waals surface area contributed by atoms with Crippen molar-refractivity contribution in [3.8, 4) is 5.75 Å². The first-order valence-corrected chi connectivity index (χ1v) is 10.9. The van der Waals surface area contributed by atoms with Crippen LogP contribution in [-0.2, 0) is 4.84 Å². The molecule has 1 fully saturated rings. The fraction of sp³-hybridized carbons (Fsp3) is 0.348. The smallest absolute Gasteiger partial charge is 0.326 e. The standard InChI is InChI=1S/C23H25ClN4O3/c1-30-19-5-2-15(3-6-19)22-13-17(26-31-22)14-27-10-8-18(9-11-27)28-21-7-4-16(24)12-20(21)25-23(28)29/h2-7,12-13,18,22,26H,8-11,14H2,1H3,(H,25,29). The second-order valence-electron chi connectivity index (χ2n) is 8.07. The molecule has 1 atom stereocenters. The zero-order valence-electron chi connectivity index (χ0n) is 17.3. The van der Waals surface area contributed by atoms with Crippen LogP contribution in [0.25, 0.3) is 11.0 Å². The lowest BCUT2D eigenvalue weighted by Crippen LogP contribution is -2.38. The maximum absolute atomic E-state index is 12.5. The van der Waals surface area contributed by atoms with E-state index in [1.807, 2.05) is 41.0 Å². The molecule has 0 aliphatic carbocycles. The number of piperidine rings is 1. The van der Waals surface area contributed by atoms with Gasteiger partial charge in [-0.15, -0.1) is 0 Å². The van der Waals surface area contributed by atoms with Gasteiger partial charge in [0.2, 0.25) is 0 Å². The lowest BCUT2D eigenvalue weighted by atomic mass is 10.0. The SMILES string of the molecule is COc1ccc(C2C=C(CN3CCC(n4c(=O)[nH]c5cc(Cl)ccc54)CC3)NO2)cc1. The van der Waals surface area contributed by atoms with Crippen molar-refractivity contribution in [3.05, 3.63) is 75.3 Å². The van der Waals surface area contributed by atoms with Crippen molar-refractivity contribution >= 4 is 22.6 Å². The number of rotatable bonds is 5. The number of nitrogens with zero attached hydrogens (tertiary/aromatic N) is 2. The molecule has 1 saturated heterocycles. The molecule has 3 aromatic rings. The number of fused-ring (bicyclic) bond motifs is 1. The first kappa shape index (κ1) is 20.2. The first-order valence-electron chi connectivity index (χ1n) is 10.5. The molecule has 1 aromatic heterocycles. The van der Waals surface area contributed by atoms with Gasteiger partial charge in [-0.05, 0) is 54.8 Å². The Morgan fingerprint density at radius 2 is 1.94 bits per heavy atom. The van der Waals surface area contributed by atoms with Crippen LogP contribution in [0.15, 0.2) is 59.0 Å². The van der Waals surface area contributed by atoms with E-state index in [1.165, 1.54) is 0 Å². The molecule has 0 radical (unpaired) electrons. The highest BCUT2D eigenvalue weighted by molar-refractivity contribution is 6.31. The quantitative estimate of drug-likeness (QED) is 0.631. The van der Waals surface area contributed by atoms with Crippen LogP contribution in [-0.4, -0.2) is 41.2 Å². The molecular weight excluding hydrogens is 416 g/mol. The lowest BCUT2D eigenvalue weighted by molar-refractivity contribution is 0.0380. The van der Waals surface area contributed by atoms with Gasteiger partial charge in [0.25, 0.3) is 0 Å². The summed E-state index contributed by atoms with van der Waals surface area (Å²) >= 11 is 6.06. The normalized spacial score (nSPS) is 20.1. The van der Waals surface area contributed by atoms with Crippen molar-refractivity contribution in [1.29, 1.82) is 0 Å². The molecule has 2 aliphatic heterocycles. The van der Waals surface area contributed by atoms with Crippen molar-refractivity contribution in [2.75, 3.05) is 26.7 Å². The Morgan fingerprint density at radius 1 is 1.16 bits per heavy atom. The molecule has 0 bridgehead atoms. The van der Waals surface area contributed by atoms with Crippen molar-refractivity contribution in [2.45, 2.75) is 25.0 Å². The fourth-order valence-corrected chi connectivity index (χ4v) is 4.65. The summed E-state index contributed by atoms with van der Waals surface area (Å²) in [7, 11) is 1.66. The summed E-state index contributed by atoms with van der Waals surface area (Å²) in [6.45, 7) is 2.64. The maximum Gasteiger partial charge on any atom is 0.326 e. The van der Waals surface area contributed by atoms with E-state index >= 15 is 0 Å². The van der Waals surface area contributed by atoms with Crippen molar-refractivity contribution < 1.29 is 9.57 Å². The minimum absolute atomic E-state index is 0.0633. The molecular formula is C23H25ClN4O3. The van der Waals surface area contributed by atoms with Gasteiger partial charge in [-0.1, -0.05) is 23.7 Å². The van der Waals surface area contributed by atoms with Crippen LogP contribution < -0.4 is 15.9 Å². The van der Waals surface area contributed by atoms with Gasteiger partial charge in [0, 0.05) is 30.7 Å². The van der Waals surface area contributed by atoms with Crippen LogP contribution >= 0.6 is 11.6 Å². The molecule has 2 aliphatic rings. The molecule has 2 aromatic carbocycles. The zero-order chi connectivity index (χ0) is 21.4. The van der Waals surface area contributed by atoms with Crippen LogP contribution in [0, 0.1) is 0 Å². The van der Waals surface area contributed by atoms with Gasteiger partial charge in [0.1, 0.15) is 11.9 Å². The van der Waals surface area contributed by atoms with Crippen LogP contribution in [0.4, 0.5) is 0 Å². The third kappa shape index (κ3) is 4.08. The molecule has 0 spiro atoms. The summed E-state index contributed by atoms with van der Waals surface area (Å²) in [5.41, 5.74) is 6.88. The first-order chi connectivity index (χ1) is 15.1. The van der Waals surface area contributed by atoms with Crippen LogP contribution in [0.5, 0.6) is 5.75 Å². The number of aromatic nitrogens is 2. The number of imidazole rings is 1. The van der Waals surface area contributed by atoms with Gasteiger partial charge < -0.3 is 9.72 Å². The van der Waals surface area contributed by atoms with Gasteiger partial charge in [-0.3, -0.25) is 19.8 Å². The Labute approximate surface area is 185 Å². The van der Waals surface area contributed by atoms with E-state index in [-0.39, 0.29) is 17.8 Å². The number of methoxy groups -OCH3 is 1. The number of hydrogen-bond donors (Lipinski definition) is 2. The minimum atomic E-state index is -0.102. The number of benzene rings is 2. The van der Waals surface area contributed by atoms with E-state index < -0.39 is 0 Å². The van der Waals surface area contributed by atoms with Crippen LogP contribution in [0.1, 0.15) is 30.6 Å². The van der Waals surface area contributed by atoms with E-state index in [1.54, 1.807) is 13.2 Å².